The minimum Gasteiger partial charge on any atom is -0.497 e. The molecular formula is C20H27N3O2S. The molecule has 1 amide bonds. The molecule has 1 aliphatic heterocycles. The van der Waals surface area contributed by atoms with Crippen molar-refractivity contribution in [2.75, 3.05) is 19.0 Å². The van der Waals surface area contributed by atoms with E-state index in [1.54, 1.807) is 7.11 Å². The van der Waals surface area contributed by atoms with Crippen LogP contribution in [0.3, 0.4) is 0 Å². The number of likely N-dealkylation sites (tertiary alicyclic amines) is 1. The number of methoxy groups -OCH3 is 1. The second kappa shape index (κ2) is 8.18. The van der Waals surface area contributed by atoms with Crippen LogP contribution in [0.1, 0.15) is 38.0 Å². The lowest BCUT2D eigenvalue weighted by Gasteiger charge is -2.37. The van der Waals surface area contributed by atoms with E-state index in [4.69, 9.17) is 4.74 Å². The van der Waals surface area contributed by atoms with Gasteiger partial charge >= 0.3 is 0 Å². The van der Waals surface area contributed by atoms with Crippen LogP contribution in [-0.4, -0.2) is 41.5 Å². The van der Waals surface area contributed by atoms with Crippen molar-refractivity contribution in [1.29, 1.82) is 0 Å². The molecule has 1 fully saturated rings. The SMILES string of the molecule is COc1ccc(-c2nc(NC(=O)C3CCCCN3C(C)C)sc2C)cc1. The number of piperidine rings is 1. The van der Waals surface area contributed by atoms with E-state index >= 15 is 0 Å². The van der Waals surface area contributed by atoms with Gasteiger partial charge in [-0.15, -0.1) is 11.3 Å². The molecule has 0 aliphatic carbocycles. The van der Waals surface area contributed by atoms with E-state index in [1.165, 1.54) is 17.8 Å². The van der Waals surface area contributed by atoms with Crippen LogP contribution in [0.25, 0.3) is 11.3 Å². The number of amides is 1. The van der Waals surface area contributed by atoms with Crippen molar-refractivity contribution in [3.63, 3.8) is 0 Å². The highest BCUT2D eigenvalue weighted by atomic mass is 32.1. The van der Waals surface area contributed by atoms with E-state index in [0.29, 0.717) is 11.2 Å². The largest absolute Gasteiger partial charge is 0.497 e. The van der Waals surface area contributed by atoms with E-state index in [0.717, 1.165) is 41.3 Å². The third-order valence-electron chi connectivity index (χ3n) is 4.90. The molecule has 1 N–H and O–H groups in total. The fourth-order valence-corrected chi connectivity index (χ4v) is 4.35. The van der Waals surface area contributed by atoms with Crippen LogP contribution < -0.4 is 10.1 Å². The molecule has 140 valence electrons. The van der Waals surface area contributed by atoms with Gasteiger partial charge < -0.3 is 10.1 Å². The Hall–Kier alpha value is -1.92. The lowest BCUT2D eigenvalue weighted by molar-refractivity contribution is -0.123. The summed E-state index contributed by atoms with van der Waals surface area (Å²) >= 11 is 1.53. The van der Waals surface area contributed by atoms with Gasteiger partial charge in [-0.3, -0.25) is 9.69 Å². The minimum absolute atomic E-state index is 0.0580. The fourth-order valence-electron chi connectivity index (χ4n) is 3.51. The van der Waals surface area contributed by atoms with Gasteiger partial charge in [0.25, 0.3) is 0 Å². The van der Waals surface area contributed by atoms with Crippen LogP contribution in [0.5, 0.6) is 5.75 Å². The molecule has 26 heavy (non-hydrogen) atoms. The molecule has 1 atom stereocenters. The summed E-state index contributed by atoms with van der Waals surface area (Å²) in [5.74, 6) is 0.884. The van der Waals surface area contributed by atoms with Crippen LogP contribution in [0.2, 0.25) is 0 Å². The Balaban J connectivity index is 1.75. The maximum absolute atomic E-state index is 12.8. The molecule has 1 aromatic carbocycles. The second-order valence-corrected chi connectivity index (χ2v) is 8.19. The summed E-state index contributed by atoms with van der Waals surface area (Å²) in [5.41, 5.74) is 1.94. The van der Waals surface area contributed by atoms with E-state index in [-0.39, 0.29) is 11.9 Å². The molecule has 2 heterocycles. The Morgan fingerprint density at radius 2 is 2.04 bits per heavy atom. The molecule has 1 aliphatic rings. The number of nitrogens with one attached hydrogen (secondary N) is 1. The number of carbonyl (C=O) groups excluding carboxylic acids is 1. The van der Waals surface area contributed by atoms with Crippen LogP contribution in [-0.2, 0) is 4.79 Å². The van der Waals surface area contributed by atoms with E-state index in [9.17, 15) is 4.79 Å². The molecule has 0 spiro atoms. The zero-order valence-corrected chi connectivity index (χ0v) is 16.7. The van der Waals surface area contributed by atoms with Crippen LogP contribution >= 0.6 is 11.3 Å². The molecule has 1 unspecified atom stereocenters. The summed E-state index contributed by atoms with van der Waals surface area (Å²) < 4.78 is 5.21. The highest BCUT2D eigenvalue weighted by molar-refractivity contribution is 7.16. The number of rotatable bonds is 5. The molecule has 6 heteroatoms. The molecular weight excluding hydrogens is 346 g/mol. The van der Waals surface area contributed by atoms with Crippen molar-refractivity contribution in [2.45, 2.75) is 52.1 Å². The van der Waals surface area contributed by atoms with E-state index in [1.807, 2.05) is 31.2 Å². The number of aromatic nitrogens is 1. The number of thiazole rings is 1. The Bertz CT molecular complexity index is 755. The average Bonchev–Trinajstić information content (AvgIpc) is 3.01. The number of hydrogen-bond acceptors (Lipinski definition) is 5. The number of anilines is 1. The summed E-state index contributed by atoms with van der Waals surface area (Å²) in [5, 5.41) is 3.73. The first-order valence-corrected chi connectivity index (χ1v) is 9.99. The van der Waals surface area contributed by atoms with Crippen LogP contribution in [0.15, 0.2) is 24.3 Å². The molecule has 0 radical (unpaired) electrons. The zero-order chi connectivity index (χ0) is 18.7. The number of nitrogens with zero attached hydrogens (tertiary/aromatic N) is 2. The first kappa shape index (κ1) is 18.9. The molecule has 3 rings (SSSR count). The lowest BCUT2D eigenvalue weighted by Crippen LogP contribution is -2.50. The third-order valence-corrected chi connectivity index (χ3v) is 5.79. The quantitative estimate of drug-likeness (QED) is 0.848. The number of carbonyl (C=O) groups is 1. The Labute approximate surface area is 159 Å². The first-order valence-electron chi connectivity index (χ1n) is 9.18. The highest BCUT2D eigenvalue weighted by Gasteiger charge is 2.30. The number of aryl methyl sites for hydroxylation is 1. The van der Waals surface area contributed by atoms with Gasteiger partial charge in [0, 0.05) is 16.5 Å². The molecule has 1 aromatic heterocycles. The van der Waals surface area contributed by atoms with Gasteiger partial charge in [-0.2, -0.15) is 0 Å². The standard InChI is InChI=1S/C20H27N3O2S/c1-13(2)23-12-6-5-7-17(23)19(24)22-20-21-18(14(3)26-20)15-8-10-16(25-4)11-9-15/h8-11,13,17H,5-7,12H2,1-4H3,(H,21,22,24). The lowest BCUT2D eigenvalue weighted by atomic mass is 10.00. The maximum Gasteiger partial charge on any atom is 0.243 e. The van der Waals surface area contributed by atoms with Crippen molar-refractivity contribution >= 4 is 22.4 Å². The third kappa shape index (κ3) is 4.07. The van der Waals surface area contributed by atoms with Crippen LogP contribution in [0, 0.1) is 6.92 Å². The normalized spacial score (nSPS) is 18.1. The predicted molar refractivity (Wildman–Crippen MR) is 107 cm³/mol. The molecule has 5 nitrogen and oxygen atoms in total. The van der Waals surface area contributed by atoms with Gasteiger partial charge in [0.2, 0.25) is 5.91 Å². The summed E-state index contributed by atoms with van der Waals surface area (Å²) in [4.78, 5) is 20.9. The zero-order valence-electron chi connectivity index (χ0n) is 15.9. The highest BCUT2D eigenvalue weighted by Crippen LogP contribution is 2.32. The van der Waals surface area contributed by atoms with Crippen LogP contribution in [0.4, 0.5) is 5.13 Å². The number of benzene rings is 1. The smallest absolute Gasteiger partial charge is 0.243 e. The average molecular weight is 374 g/mol. The van der Waals surface area contributed by atoms with Crippen molar-refractivity contribution in [2.24, 2.45) is 0 Å². The first-order chi connectivity index (χ1) is 12.5. The topological polar surface area (TPSA) is 54.5 Å². The summed E-state index contributed by atoms with van der Waals surface area (Å²) in [6.45, 7) is 7.33. The maximum atomic E-state index is 12.8. The van der Waals surface area contributed by atoms with Crippen molar-refractivity contribution in [3.05, 3.63) is 29.1 Å². The monoisotopic (exact) mass is 373 g/mol. The fraction of sp³-hybridized carbons (Fsp3) is 0.500. The molecule has 0 saturated carbocycles. The second-order valence-electron chi connectivity index (χ2n) is 6.98. The van der Waals surface area contributed by atoms with E-state index < -0.39 is 0 Å². The molecule has 1 saturated heterocycles. The van der Waals surface area contributed by atoms with E-state index in [2.05, 4.69) is 29.0 Å². The van der Waals surface area contributed by atoms with Crippen molar-refractivity contribution in [1.82, 2.24) is 9.88 Å². The summed E-state index contributed by atoms with van der Waals surface area (Å²) in [6.07, 6.45) is 3.19. The van der Waals surface area contributed by atoms with Gasteiger partial charge in [-0.25, -0.2) is 4.98 Å². The Morgan fingerprint density at radius 3 is 2.69 bits per heavy atom. The number of hydrogen-bond donors (Lipinski definition) is 1. The van der Waals surface area contributed by atoms with Gasteiger partial charge in [0.1, 0.15) is 5.75 Å². The van der Waals surface area contributed by atoms with Crippen molar-refractivity contribution in [3.8, 4) is 17.0 Å². The minimum atomic E-state index is -0.0580. The van der Waals surface area contributed by atoms with Gasteiger partial charge in [0.05, 0.1) is 18.8 Å². The Kier molecular flexibility index (Phi) is 5.94. The van der Waals surface area contributed by atoms with Gasteiger partial charge in [-0.1, -0.05) is 6.42 Å². The molecule has 0 bridgehead atoms. The van der Waals surface area contributed by atoms with Gasteiger partial charge in [0.15, 0.2) is 5.13 Å². The van der Waals surface area contributed by atoms with Gasteiger partial charge in [-0.05, 0) is 64.4 Å². The van der Waals surface area contributed by atoms with Crippen molar-refractivity contribution < 1.29 is 9.53 Å². The number of ether oxygens (including phenoxy) is 1. The predicted octanol–water partition coefficient (Wildman–Crippen LogP) is 4.33. The molecule has 2 aromatic rings. The summed E-state index contributed by atoms with van der Waals surface area (Å²) in [7, 11) is 1.66. The Morgan fingerprint density at radius 1 is 1.31 bits per heavy atom. The summed E-state index contributed by atoms with van der Waals surface area (Å²) in [6, 6.07) is 8.16.